The van der Waals surface area contributed by atoms with E-state index in [9.17, 15) is 4.79 Å². The normalized spacial score (nSPS) is 11.9. The molecule has 0 saturated carbocycles. The molecule has 1 amide bonds. The lowest BCUT2D eigenvalue weighted by atomic mass is 10.1. The number of aromatic nitrogens is 4. The molecule has 0 aliphatic carbocycles. The van der Waals surface area contributed by atoms with Gasteiger partial charge in [-0.15, -0.1) is 11.3 Å². The standard InChI is InChI=1S/C17H18N6OS2/c1-3-13(26-16-20-9-19-15(18)23-16)14(24)22-17-21-12(8-25-17)11-6-4-10(2)5-7-11/h4-9,13H,3H2,1-2H3,(H,21,22,24)(H2,18,19,20,23). The average molecular weight is 387 g/mol. The van der Waals surface area contributed by atoms with Gasteiger partial charge in [-0.25, -0.2) is 15.0 Å². The SMILES string of the molecule is CCC(Sc1ncnc(N)n1)C(=O)Nc1nc(-c2ccc(C)cc2)cs1. The minimum Gasteiger partial charge on any atom is -0.368 e. The molecular formula is C17H18N6OS2. The van der Waals surface area contributed by atoms with Gasteiger partial charge in [-0.05, 0) is 13.3 Å². The van der Waals surface area contributed by atoms with Gasteiger partial charge in [0.2, 0.25) is 11.9 Å². The van der Waals surface area contributed by atoms with E-state index in [1.807, 2.05) is 43.5 Å². The zero-order chi connectivity index (χ0) is 18.5. The molecule has 3 rings (SSSR count). The molecule has 3 N–H and O–H groups in total. The van der Waals surface area contributed by atoms with Gasteiger partial charge in [0.05, 0.1) is 10.9 Å². The largest absolute Gasteiger partial charge is 0.368 e. The number of aryl methyl sites for hydroxylation is 1. The van der Waals surface area contributed by atoms with E-state index in [1.165, 1.54) is 35.0 Å². The van der Waals surface area contributed by atoms with Crippen LogP contribution in [-0.2, 0) is 4.79 Å². The topological polar surface area (TPSA) is 107 Å². The van der Waals surface area contributed by atoms with Crippen molar-refractivity contribution in [2.24, 2.45) is 0 Å². The highest BCUT2D eigenvalue weighted by Crippen LogP contribution is 2.27. The molecule has 0 saturated heterocycles. The van der Waals surface area contributed by atoms with Gasteiger partial charge in [0.15, 0.2) is 10.3 Å². The van der Waals surface area contributed by atoms with E-state index < -0.39 is 0 Å². The van der Waals surface area contributed by atoms with Gasteiger partial charge >= 0.3 is 0 Å². The second-order valence-electron chi connectivity index (χ2n) is 5.53. The first-order valence-corrected chi connectivity index (χ1v) is 9.75. The Bertz CT molecular complexity index is 896. The molecule has 0 radical (unpaired) electrons. The average Bonchev–Trinajstić information content (AvgIpc) is 3.08. The van der Waals surface area contributed by atoms with Crippen molar-refractivity contribution in [3.05, 3.63) is 41.5 Å². The monoisotopic (exact) mass is 386 g/mol. The lowest BCUT2D eigenvalue weighted by Crippen LogP contribution is -2.24. The van der Waals surface area contributed by atoms with Crippen LogP contribution in [0.5, 0.6) is 0 Å². The Balaban J connectivity index is 1.67. The maximum atomic E-state index is 12.6. The number of carbonyl (C=O) groups is 1. The zero-order valence-electron chi connectivity index (χ0n) is 14.3. The molecule has 0 aliphatic heterocycles. The Hall–Kier alpha value is -2.52. The summed E-state index contributed by atoms with van der Waals surface area (Å²) in [4.78, 5) is 28.9. The first-order chi connectivity index (χ1) is 12.5. The van der Waals surface area contributed by atoms with Crippen LogP contribution in [0.25, 0.3) is 11.3 Å². The van der Waals surface area contributed by atoms with Crippen molar-refractivity contribution in [3.63, 3.8) is 0 Å². The van der Waals surface area contributed by atoms with E-state index >= 15 is 0 Å². The van der Waals surface area contributed by atoms with Crippen LogP contribution in [0.2, 0.25) is 0 Å². The van der Waals surface area contributed by atoms with Gasteiger partial charge in [-0.2, -0.15) is 4.98 Å². The molecule has 9 heteroatoms. The van der Waals surface area contributed by atoms with E-state index in [2.05, 4.69) is 25.3 Å². The van der Waals surface area contributed by atoms with Crippen LogP contribution >= 0.6 is 23.1 Å². The summed E-state index contributed by atoms with van der Waals surface area (Å²) in [6.07, 6.45) is 1.96. The number of thiazole rings is 1. The first kappa shape index (κ1) is 18.3. The van der Waals surface area contributed by atoms with E-state index in [-0.39, 0.29) is 17.1 Å². The highest BCUT2D eigenvalue weighted by atomic mass is 32.2. The number of anilines is 2. The summed E-state index contributed by atoms with van der Waals surface area (Å²) in [5.41, 5.74) is 8.62. The lowest BCUT2D eigenvalue weighted by molar-refractivity contribution is -0.115. The molecule has 26 heavy (non-hydrogen) atoms. The molecular weight excluding hydrogens is 368 g/mol. The number of benzene rings is 1. The molecule has 1 unspecified atom stereocenters. The summed E-state index contributed by atoms with van der Waals surface area (Å²) in [5.74, 6) is 0.00159. The Morgan fingerprint density at radius 3 is 2.73 bits per heavy atom. The number of nitrogens with zero attached hydrogens (tertiary/aromatic N) is 4. The molecule has 1 atom stereocenters. The zero-order valence-corrected chi connectivity index (χ0v) is 16.0. The van der Waals surface area contributed by atoms with Crippen LogP contribution in [0.15, 0.2) is 41.1 Å². The predicted molar refractivity (Wildman–Crippen MR) is 105 cm³/mol. The van der Waals surface area contributed by atoms with Gasteiger partial charge < -0.3 is 11.1 Å². The second-order valence-corrected chi connectivity index (χ2v) is 7.56. The third-order valence-electron chi connectivity index (χ3n) is 3.56. The van der Waals surface area contributed by atoms with Crippen molar-refractivity contribution in [2.75, 3.05) is 11.1 Å². The summed E-state index contributed by atoms with van der Waals surface area (Å²) >= 11 is 2.66. The maximum absolute atomic E-state index is 12.6. The van der Waals surface area contributed by atoms with Crippen molar-refractivity contribution in [2.45, 2.75) is 30.7 Å². The van der Waals surface area contributed by atoms with E-state index in [0.717, 1.165) is 11.3 Å². The summed E-state index contributed by atoms with van der Waals surface area (Å²) in [5, 5.41) is 5.46. The fourth-order valence-electron chi connectivity index (χ4n) is 2.17. The molecule has 1 aromatic carbocycles. The summed E-state index contributed by atoms with van der Waals surface area (Å²) < 4.78 is 0. The number of thioether (sulfide) groups is 1. The maximum Gasteiger partial charge on any atom is 0.239 e. The summed E-state index contributed by atoms with van der Waals surface area (Å²) in [6, 6.07) is 8.12. The van der Waals surface area contributed by atoms with Gasteiger partial charge in [0.25, 0.3) is 0 Å². The Morgan fingerprint density at radius 2 is 2.04 bits per heavy atom. The Morgan fingerprint density at radius 1 is 1.27 bits per heavy atom. The van der Waals surface area contributed by atoms with Crippen molar-refractivity contribution in [3.8, 4) is 11.3 Å². The van der Waals surface area contributed by atoms with Crippen molar-refractivity contribution in [1.82, 2.24) is 19.9 Å². The Kier molecular flexibility index (Phi) is 5.79. The quantitative estimate of drug-likeness (QED) is 0.625. The number of amides is 1. The van der Waals surface area contributed by atoms with Gasteiger partial charge in [0.1, 0.15) is 6.33 Å². The van der Waals surface area contributed by atoms with Crippen LogP contribution in [0.1, 0.15) is 18.9 Å². The number of hydrogen-bond donors (Lipinski definition) is 2. The molecule has 134 valence electrons. The van der Waals surface area contributed by atoms with Crippen molar-refractivity contribution in [1.29, 1.82) is 0 Å². The molecule has 2 heterocycles. The van der Waals surface area contributed by atoms with Gasteiger partial charge in [0, 0.05) is 10.9 Å². The summed E-state index contributed by atoms with van der Waals surface area (Å²) in [7, 11) is 0. The number of nitrogen functional groups attached to an aromatic ring is 1. The minimum absolute atomic E-state index is 0.138. The lowest BCUT2D eigenvalue weighted by Gasteiger charge is -2.12. The summed E-state index contributed by atoms with van der Waals surface area (Å²) in [6.45, 7) is 3.97. The number of carbonyl (C=O) groups excluding carboxylic acids is 1. The number of nitrogens with one attached hydrogen (secondary N) is 1. The van der Waals surface area contributed by atoms with Crippen LogP contribution < -0.4 is 11.1 Å². The van der Waals surface area contributed by atoms with E-state index in [1.54, 1.807) is 0 Å². The third kappa shape index (κ3) is 4.55. The second kappa shape index (κ2) is 8.24. The molecule has 7 nitrogen and oxygen atoms in total. The van der Waals surface area contributed by atoms with Gasteiger partial charge in [-0.3, -0.25) is 4.79 Å². The van der Waals surface area contributed by atoms with E-state index in [4.69, 9.17) is 5.73 Å². The number of hydrogen-bond acceptors (Lipinski definition) is 8. The molecule has 0 aliphatic rings. The molecule has 0 fully saturated rings. The molecule has 0 spiro atoms. The van der Waals surface area contributed by atoms with Crippen molar-refractivity contribution < 1.29 is 4.79 Å². The van der Waals surface area contributed by atoms with E-state index in [0.29, 0.717) is 16.7 Å². The smallest absolute Gasteiger partial charge is 0.239 e. The number of nitrogens with two attached hydrogens (primary N) is 1. The van der Waals surface area contributed by atoms with Crippen molar-refractivity contribution >= 4 is 40.1 Å². The fourth-order valence-corrected chi connectivity index (χ4v) is 3.74. The Labute approximate surface area is 159 Å². The third-order valence-corrected chi connectivity index (χ3v) is 5.56. The highest BCUT2D eigenvalue weighted by Gasteiger charge is 2.21. The van der Waals surface area contributed by atoms with Crippen LogP contribution in [0.4, 0.5) is 11.1 Å². The highest BCUT2D eigenvalue weighted by molar-refractivity contribution is 8.00. The fraction of sp³-hybridized carbons (Fsp3) is 0.235. The molecule has 0 bridgehead atoms. The van der Waals surface area contributed by atoms with Gasteiger partial charge in [-0.1, -0.05) is 48.5 Å². The molecule has 3 aromatic rings. The van der Waals surface area contributed by atoms with Crippen LogP contribution in [0.3, 0.4) is 0 Å². The molecule has 2 aromatic heterocycles. The first-order valence-electron chi connectivity index (χ1n) is 7.99. The van der Waals surface area contributed by atoms with Crippen LogP contribution in [0, 0.1) is 6.92 Å². The predicted octanol–water partition coefficient (Wildman–Crippen LogP) is 3.40. The minimum atomic E-state index is -0.344. The number of rotatable bonds is 6. The van der Waals surface area contributed by atoms with Crippen LogP contribution in [-0.4, -0.2) is 31.1 Å².